The number of aromatic hydroxyl groups is 1. The van der Waals surface area contributed by atoms with Gasteiger partial charge in [-0.1, -0.05) is 30.3 Å². The van der Waals surface area contributed by atoms with Crippen molar-refractivity contribution in [3.63, 3.8) is 0 Å². The summed E-state index contributed by atoms with van der Waals surface area (Å²) in [6.07, 6.45) is 0. The predicted molar refractivity (Wildman–Crippen MR) is 111 cm³/mol. The number of aryl methyl sites for hydroxylation is 2. The minimum atomic E-state index is 0.157. The van der Waals surface area contributed by atoms with Gasteiger partial charge in [0.25, 0.3) is 0 Å². The molecular weight excluding hydrogens is 404 g/mol. The van der Waals surface area contributed by atoms with Crippen molar-refractivity contribution in [3.8, 4) is 17.6 Å². The molecule has 0 aliphatic heterocycles. The van der Waals surface area contributed by atoms with Crippen LogP contribution >= 0.6 is 0 Å². The summed E-state index contributed by atoms with van der Waals surface area (Å²) < 4.78 is 17.6. The summed E-state index contributed by atoms with van der Waals surface area (Å²) >= 11 is 2.96. The minimum Gasteiger partial charge on any atom is -0.0622 e. The Balaban J connectivity index is 1.59. The first-order chi connectivity index (χ1) is 14.0. The van der Waals surface area contributed by atoms with Gasteiger partial charge in [-0.2, -0.15) is 0 Å². The summed E-state index contributed by atoms with van der Waals surface area (Å²) in [4.78, 5) is 0. The normalized spacial score (nSPS) is 11.6. The molecule has 0 aromatic heterocycles. The zero-order chi connectivity index (χ0) is 21.1. The second-order valence-corrected chi connectivity index (χ2v) is 7.44. The van der Waals surface area contributed by atoms with Crippen LogP contribution in [-0.4, -0.2) is 36.1 Å². The van der Waals surface area contributed by atoms with Crippen LogP contribution in [0.25, 0.3) is 0 Å². The zero-order valence-electron chi connectivity index (χ0n) is 17.2. The summed E-state index contributed by atoms with van der Waals surface area (Å²) in [6, 6.07) is 13.6. The molecule has 0 spiro atoms. The summed E-state index contributed by atoms with van der Waals surface area (Å²) in [5, 5.41) is 9.63. The molecule has 0 bridgehead atoms. The van der Waals surface area contributed by atoms with Crippen LogP contribution in [0.3, 0.4) is 0 Å². The molecule has 1 atom stereocenters. The van der Waals surface area contributed by atoms with Crippen molar-refractivity contribution < 1.29 is 35.2 Å². The number of phenolic OH excluding ortho intramolecular Hbond substituents is 1. The van der Waals surface area contributed by atoms with Crippen molar-refractivity contribution in [2.24, 2.45) is 5.92 Å². The molecule has 29 heavy (non-hydrogen) atoms. The molecular formula is C24H28CrO4. The molecule has 0 heterocycles. The fourth-order valence-corrected chi connectivity index (χ4v) is 3.47. The average Bonchev–Trinajstić information content (AvgIpc) is 2.67. The fraction of sp³-hybridized carbons (Fsp3) is 0.375. The average molecular weight is 432 g/mol. The van der Waals surface area contributed by atoms with Gasteiger partial charge in [-0.15, -0.1) is 0 Å². The van der Waals surface area contributed by atoms with Gasteiger partial charge in [-0.3, -0.25) is 0 Å². The van der Waals surface area contributed by atoms with E-state index < -0.39 is 0 Å². The molecule has 1 unspecified atom stereocenters. The van der Waals surface area contributed by atoms with Gasteiger partial charge in [-0.25, -0.2) is 0 Å². The summed E-state index contributed by atoms with van der Waals surface area (Å²) in [7, 11) is 0. The molecule has 2 aromatic carbocycles. The number of ether oxygens (including phenoxy) is 3. The molecule has 2 aromatic rings. The Morgan fingerprint density at radius 1 is 1.07 bits per heavy atom. The molecule has 0 aliphatic carbocycles. The second-order valence-electron chi connectivity index (χ2n) is 6.87. The standard InChI is InChI=1S/C24H28O4.Cr/c1-19(16-28-17-22-9-5-4-6-10-22)8-7-11-26-12-13-27-18-24-20(2)14-23(25)15-21(24)3;/h4-6,9-10,14-15,19,25H,11-13,16-17H2,1-3H3;. The molecule has 0 aliphatic rings. The summed E-state index contributed by atoms with van der Waals surface area (Å²) in [6.45, 7) is 8.38. The molecule has 1 N–H and O–H groups in total. The first kappa shape index (κ1) is 23.4. The Labute approximate surface area is 181 Å². The molecule has 0 fully saturated rings. The summed E-state index contributed by atoms with van der Waals surface area (Å²) in [5.74, 6) is 6.59. The Morgan fingerprint density at radius 3 is 2.45 bits per heavy atom. The van der Waals surface area contributed by atoms with Gasteiger partial charge in [0.15, 0.2) is 0 Å². The van der Waals surface area contributed by atoms with E-state index in [1.165, 1.54) is 0 Å². The Bertz CT molecular complexity index is 829. The number of rotatable bonds is 10. The van der Waals surface area contributed by atoms with Gasteiger partial charge in [0.2, 0.25) is 0 Å². The monoisotopic (exact) mass is 432 g/mol. The number of benzene rings is 2. The maximum absolute atomic E-state index is 9.63. The van der Waals surface area contributed by atoms with E-state index in [9.17, 15) is 5.11 Å². The van der Waals surface area contributed by atoms with E-state index in [1.807, 2.05) is 51.1 Å². The van der Waals surface area contributed by atoms with Crippen LogP contribution in [0.4, 0.5) is 0 Å². The van der Waals surface area contributed by atoms with Crippen LogP contribution < -0.4 is 0 Å². The van der Waals surface area contributed by atoms with Crippen molar-refractivity contribution in [2.45, 2.75) is 27.4 Å². The molecule has 5 heteroatoms. The SMILES string of the molecule is Cc1cc(O)cc(C)c1[C](=[Cr])OCCOCC#CC(C)COCc1ccccc1. The molecule has 2 rings (SSSR count). The Morgan fingerprint density at radius 2 is 1.76 bits per heavy atom. The van der Waals surface area contributed by atoms with Gasteiger partial charge in [0, 0.05) is 0 Å². The molecule has 0 saturated heterocycles. The van der Waals surface area contributed by atoms with Crippen LogP contribution in [0.5, 0.6) is 5.75 Å². The van der Waals surface area contributed by atoms with Crippen LogP contribution in [-0.2, 0) is 36.7 Å². The topological polar surface area (TPSA) is 47.9 Å². The van der Waals surface area contributed by atoms with E-state index in [0.717, 1.165) is 22.3 Å². The van der Waals surface area contributed by atoms with Crippen molar-refractivity contribution in [1.29, 1.82) is 0 Å². The Hall–Kier alpha value is -1.92. The predicted octanol–water partition coefficient (Wildman–Crippen LogP) is 3.92. The minimum absolute atomic E-state index is 0.157. The molecule has 4 nitrogen and oxygen atoms in total. The quantitative estimate of drug-likeness (QED) is 0.457. The van der Waals surface area contributed by atoms with E-state index in [1.54, 1.807) is 12.1 Å². The fourth-order valence-electron chi connectivity index (χ4n) is 2.84. The molecule has 154 valence electrons. The van der Waals surface area contributed by atoms with Crippen molar-refractivity contribution in [3.05, 3.63) is 64.7 Å². The smallest absolute Gasteiger partial charge is 0.0622 e. The van der Waals surface area contributed by atoms with E-state index in [-0.39, 0.29) is 11.7 Å². The van der Waals surface area contributed by atoms with E-state index >= 15 is 0 Å². The van der Waals surface area contributed by atoms with E-state index in [2.05, 4.69) is 27.7 Å². The number of hydrogen-bond acceptors (Lipinski definition) is 4. The summed E-state index contributed by atoms with van der Waals surface area (Å²) in [5.41, 5.74) is 4.07. The Kier molecular flexibility index (Phi) is 10.2. The van der Waals surface area contributed by atoms with E-state index in [0.29, 0.717) is 37.6 Å². The second kappa shape index (κ2) is 12.6. The zero-order valence-corrected chi connectivity index (χ0v) is 18.5. The van der Waals surface area contributed by atoms with Crippen LogP contribution in [0.2, 0.25) is 0 Å². The van der Waals surface area contributed by atoms with Gasteiger partial charge < -0.3 is 0 Å². The first-order valence-corrected chi connectivity index (χ1v) is 10.3. The van der Waals surface area contributed by atoms with Gasteiger partial charge in [-0.05, 0) is 5.56 Å². The first-order valence-electron chi connectivity index (χ1n) is 9.62. The van der Waals surface area contributed by atoms with Crippen molar-refractivity contribution in [1.82, 2.24) is 0 Å². The maximum atomic E-state index is 9.63. The van der Waals surface area contributed by atoms with Crippen molar-refractivity contribution in [2.75, 3.05) is 26.4 Å². The number of phenols is 1. The number of hydrogen-bond donors (Lipinski definition) is 1. The molecule has 0 amide bonds. The third kappa shape index (κ3) is 8.54. The van der Waals surface area contributed by atoms with Gasteiger partial charge >= 0.3 is 146 Å². The van der Waals surface area contributed by atoms with Gasteiger partial charge in [0.1, 0.15) is 0 Å². The van der Waals surface area contributed by atoms with Crippen LogP contribution in [0, 0.1) is 31.6 Å². The molecule has 0 radical (unpaired) electrons. The molecule has 0 saturated carbocycles. The third-order valence-electron chi connectivity index (χ3n) is 4.18. The van der Waals surface area contributed by atoms with Crippen molar-refractivity contribution >= 4 is 4.57 Å². The van der Waals surface area contributed by atoms with Crippen LogP contribution in [0.1, 0.15) is 29.2 Å². The van der Waals surface area contributed by atoms with Gasteiger partial charge in [0.05, 0.1) is 0 Å². The van der Waals surface area contributed by atoms with E-state index in [4.69, 9.17) is 14.2 Å². The third-order valence-corrected chi connectivity index (χ3v) is 4.69. The van der Waals surface area contributed by atoms with Crippen LogP contribution in [0.15, 0.2) is 42.5 Å².